The predicted octanol–water partition coefficient (Wildman–Crippen LogP) is 0.700. The Balaban J connectivity index is 3.16. The average Bonchev–Trinajstić information content (AvgIpc) is 2.25. The lowest BCUT2D eigenvalue weighted by Gasteiger charge is -2.02. The van der Waals surface area contributed by atoms with Gasteiger partial charge in [-0.15, -0.1) is 6.42 Å². The first-order chi connectivity index (χ1) is 7.56. The molecule has 0 saturated heterocycles. The molecule has 0 aliphatic carbocycles. The summed E-state index contributed by atoms with van der Waals surface area (Å²) in [5.41, 5.74) is -0.780. The molecule has 0 aliphatic heterocycles. The lowest BCUT2D eigenvalue weighted by atomic mass is 10.3. The van der Waals surface area contributed by atoms with Gasteiger partial charge >= 0.3 is 11.7 Å². The molecule has 1 N–H and O–H groups in total. The van der Waals surface area contributed by atoms with Gasteiger partial charge in [-0.2, -0.15) is 0 Å². The van der Waals surface area contributed by atoms with Gasteiger partial charge in [-0.3, -0.25) is 10.1 Å². The van der Waals surface area contributed by atoms with Crippen LogP contribution < -0.4 is 4.74 Å². The van der Waals surface area contributed by atoms with Gasteiger partial charge in [0.2, 0.25) is 0 Å². The summed E-state index contributed by atoms with van der Waals surface area (Å²) in [6.07, 6.45) is 4.91. The second kappa shape index (κ2) is 4.75. The van der Waals surface area contributed by atoms with Crippen molar-refractivity contribution in [1.29, 1.82) is 0 Å². The van der Waals surface area contributed by atoms with Gasteiger partial charge in [0.25, 0.3) is 5.88 Å². The third-order valence-corrected chi connectivity index (χ3v) is 1.55. The molecule has 0 fully saturated rings. The number of hydrogen-bond donors (Lipinski definition) is 1. The Bertz CT molecular complexity index is 477. The zero-order chi connectivity index (χ0) is 12.1. The first-order valence-electron chi connectivity index (χ1n) is 4.01. The smallest absolute Gasteiger partial charge is 0.354 e. The highest BCUT2D eigenvalue weighted by Crippen LogP contribution is 2.24. The number of aromatic nitrogens is 1. The van der Waals surface area contributed by atoms with Crippen molar-refractivity contribution in [3.63, 3.8) is 0 Å². The van der Waals surface area contributed by atoms with Crippen molar-refractivity contribution >= 4 is 11.7 Å². The van der Waals surface area contributed by atoms with Crippen LogP contribution in [0.5, 0.6) is 5.88 Å². The van der Waals surface area contributed by atoms with Gasteiger partial charge in [0.05, 0.1) is 4.92 Å². The lowest BCUT2D eigenvalue weighted by Crippen LogP contribution is -2.06. The van der Waals surface area contributed by atoms with E-state index in [-0.39, 0.29) is 12.3 Å². The number of carbonyl (C=O) groups is 1. The van der Waals surface area contributed by atoms with Crippen LogP contribution in [0.4, 0.5) is 5.69 Å². The largest absolute Gasteiger partial charge is 0.477 e. The maximum Gasteiger partial charge on any atom is 0.354 e. The van der Waals surface area contributed by atoms with Crippen LogP contribution in [0.15, 0.2) is 12.1 Å². The summed E-state index contributed by atoms with van der Waals surface area (Å²) in [5, 5.41) is 19.2. The number of nitrogens with zero attached hydrogens (tertiary/aromatic N) is 2. The summed E-state index contributed by atoms with van der Waals surface area (Å²) in [5.74, 6) is 0.393. The number of terminal acetylenes is 1. The highest BCUT2D eigenvalue weighted by Gasteiger charge is 2.19. The number of ether oxygens (including phenoxy) is 1. The van der Waals surface area contributed by atoms with E-state index in [0.29, 0.717) is 0 Å². The van der Waals surface area contributed by atoms with Crippen LogP contribution in [0.3, 0.4) is 0 Å². The molecule has 0 atom stereocenters. The molecule has 0 aromatic carbocycles. The molecule has 0 saturated carbocycles. The van der Waals surface area contributed by atoms with E-state index in [4.69, 9.17) is 16.3 Å². The maximum absolute atomic E-state index is 10.6. The van der Waals surface area contributed by atoms with Crippen LogP contribution in [0.2, 0.25) is 0 Å². The highest BCUT2D eigenvalue weighted by molar-refractivity contribution is 5.85. The summed E-state index contributed by atoms with van der Waals surface area (Å²) in [4.78, 5) is 23.9. The van der Waals surface area contributed by atoms with Crippen molar-refractivity contribution in [1.82, 2.24) is 4.98 Å². The Kier molecular flexibility index (Phi) is 3.40. The molecule has 16 heavy (non-hydrogen) atoms. The van der Waals surface area contributed by atoms with E-state index < -0.39 is 22.5 Å². The van der Waals surface area contributed by atoms with Gasteiger partial charge in [0, 0.05) is 6.07 Å². The van der Waals surface area contributed by atoms with Crippen LogP contribution in [-0.2, 0) is 0 Å². The SMILES string of the molecule is C#CCOc1nc(C(=O)O)ccc1[N+](=O)[O-]. The van der Waals surface area contributed by atoms with Crippen LogP contribution in [0.25, 0.3) is 0 Å². The van der Waals surface area contributed by atoms with Crippen molar-refractivity contribution in [2.75, 3.05) is 6.61 Å². The normalized spacial score (nSPS) is 9.19. The molecule has 1 aromatic heterocycles. The number of aromatic carboxylic acids is 1. The minimum absolute atomic E-state index is 0.225. The molecule has 7 nitrogen and oxygen atoms in total. The first-order valence-corrected chi connectivity index (χ1v) is 4.01. The van der Waals surface area contributed by atoms with Gasteiger partial charge < -0.3 is 9.84 Å². The summed E-state index contributed by atoms with van der Waals surface area (Å²) in [6, 6.07) is 2.02. The average molecular weight is 222 g/mol. The summed E-state index contributed by atoms with van der Waals surface area (Å²) >= 11 is 0. The lowest BCUT2D eigenvalue weighted by molar-refractivity contribution is -0.386. The molecule has 0 unspecified atom stereocenters. The van der Waals surface area contributed by atoms with E-state index >= 15 is 0 Å². The van der Waals surface area contributed by atoms with Crippen molar-refractivity contribution in [3.05, 3.63) is 27.9 Å². The van der Waals surface area contributed by atoms with Crippen LogP contribution in [-0.4, -0.2) is 27.6 Å². The molecule has 0 bridgehead atoms. The molecule has 82 valence electrons. The molecule has 0 aliphatic rings. The Morgan fingerprint density at radius 3 is 2.88 bits per heavy atom. The van der Waals surface area contributed by atoms with E-state index in [2.05, 4.69) is 10.9 Å². The van der Waals surface area contributed by atoms with Crippen LogP contribution in [0.1, 0.15) is 10.5 Å². The Hall–Kier alpha value is -2.62. The number of carboxylic acid groups (broad SMARTS) is 1. The summed E-state index contributed by atoms with van der Waals surface area (Å²) < 4.78 is 4.79. The molecule has 7 heteroatoms. The summed E-state index contributed by atoms with van der Waals surface area (Å²) in [7, 11) is 0. The number of hydrogen-bond acceptors (Lipinski definition) is 5. The first kappa shape index (κ1) is 11.5. The maximum atomic E-state index is 10.6. The minimum atomic E-state index is -1.31. The Morgan fingerprint density at radius 1 is 1.69 bits per heavy atom. The molecule has 0 amide bonds. The third-order valence-electron chi connectivity index (χ3n) is 1.55. The fraction of sp³-hybridized carbons (Fsp3) is 0.111. The standard InChI is InChI=1S/C9H6N2O5/c1-2-5-16-8-7(11(14)15)4-3-6(10-8)9(12)13/h1,3-4H,5H2,(H,12,13). The quantitative estimate of drug-likeness (QED) is 0.457. The van der Waals surface area contributed by atoms with E-state index in [1.54, 1.807) is 0 Å². The molecular formula is C9H6N2O5. The van der Waals surface area contributed by atoms with Gasteiger partial charge in [-0.1, -0.05) is 5.92 Å². The number of carboxylic acids is 1. The van der Waals surface area contributed by atoms with Gasteiger partial charge in [-0.25, -0.2) is 9.78 Å². The Morgan fingerprint density at radius 2 is 2.38 bits per heavy atom. The van der Waals surface area contributed by atoms with E-state index in [1.165, 1.54) is 0 Å². The molecule has 1 aromatic rings. The fourth-order valence-corrected chi connectivity index (χ4v) is 0.907. The molecule has 1 rings (SSSR count). The van der Waals surface area contributed by atoms with E-state index in [1.807, 2.05) is 0 Å². The molecule has 0 spiro atoms. The minimum Gasteiger partial charge on any atom is -0.477 e. The Labute approximate surface area is 89.8 Å². The molecule has 1 heterocycles. The molecular weight excluding hydrogens is 216 g/mol. The second-order valence-electron chi connectivity index (χ2n) is 2.58. The van der Waals surface area contributed by atoms with E-state index in [9.17, 15) is 14.9 Å². The monoisotopic (exact) mass is 222 g/mol. The number of nitro groups is 1. The van der Waals surface area contributed by atoms with Crippen molar-refractivity contribution in [3.8, 4) is 18.2 Å². The zero-order valence-electron chi connectivity index (χ0n) is 7.91. The zero-order valence-corrected chi connectivity index (χ0v) is 7.91. The summed E-state index contributed by atoms with van der Waals surface area (Å²) in [6.45, 7) is -0.225. The predicted molar refractivity (Wildman–Crippen MR) is 52.2 cm³/mol. The number of rotatable bonds is 4. The third kappa shape index (κ3) is 2.45. The topological polar surface area (TPSA) is 103 Å². The molecule has 0 radical (unpaired) electrons. The van der Waals surface area contributed by atoms with Crippen molar-refractivity contribution in [2.24, 2.45) is 0 Å². The van der Waals surface area contributed by atoms with Crippen LogP contribution >= 0.6 is 0 Å². The van der Waals surface area contributed by atoms with E-state index in [0.717, 1.165) is 12.1 Å². The number of pyridine rings is 1. The van der Waals surface area contributed by atoms with Crippen molar-refractivity contribution < 1.29 is 19.6 Å². The fourth-order valence-electron chi connectivity index (χ4n) is 0.907. The van der Waals surface area contributed by atoms with Gasteiger partial charge in [-0.05, 0) is 6.07 Å². The second-order valence-corrected chi connectivity index (χ2v) is 2.58. The van der Waals surface area contributed by atoms with Crippen LogP contribution in [0, 0.1) is 22.5 Å². The van der Waals surface area contributed by atoms with Crippen molar-refractivity contribution in [2.45, 2.75) is 0 Å². The van der Waals surface area contributed by atoms with Gasteiger partial charge in [0.1, 0.15) is 0 Å². The van der Waals surface area contributed by atoms with Gasteiger partial charge in [0.15, 0.2) is 12.3 Å². The highest BCUT2D eigenvalue weighted by atomic mass is 16.6.